The second-order valence-corrected chi connectivity index (χ2v) is 19.6. The van der Waals surface area contributed by atoms with Gasteiger partial charge in [-0.1, -0.05) is 60.7 Å². The number of methoxy groups -OCH3 is 4. The van der Waals surface area contributed by atoms with E-state index >= 15 is 0 Å². The van der Waals surface area contributed by atoms with E-state index < -0.39 is 23.1 Å². The van der Waals surface area contributed by atoms with Gasteiger partial charge in [-0.25, -0.2) is 14.4 Å². The molecule has 7 N–H and O–H groups in total. The number of aromatic amines is 2. The number of aromatic carboxylic acids is 2. The van der Waals surface area contributed by atoms with Crippen molar-refractivity contribution in [1.29, 1.82) is 0 Å². The maximum Gasteiger partial charge on any atom is 0.337 e. The van der Waals surface area contributed by atoms with Crippen LogP contribution in [0.25, 0.3) is 0 Å². The fourth-order valence-corrected chi connectivity index (χ4v) is 7.18. The quantitative estimate of drug-likeness (QED) is 0.0318. The van der Waals surface area contributed by atoms with Crippen molar-refractivity contribution in [3.05, 3.63) is 222 Å². The highest BCUT2D eigenvalue weighted by molar-refractivity contribution is 5.96. The van der Waals surface area contributed by atoms with E-state index in [1.807, 2.05) is 111 Å². The lowest BCUT2D eigenvalue weighted by Crippen LogP contribution is -2.19. The molecule has 0 spiro atoms. The molecule has 6 rings (SSSR count). The van der Waals surface area contributed by atoms with E-state index in [9.17, 15) is 33.9 Å². The molecule has 0 radical (unpaired) electrons. The first-order chi connectivity index (χ1) is 35.8. The third kappa shape index (κ3) is 20.1. The number of rotatable bonds is 15. The Hall–Kier alpha value is -7.60. The second kappa shape index (κ2) is 29.1. The summed E-state index contributed by atoms with van der Waals surface area (Å²) in [4.78, 5) is 73.3. The summed E-state index contributed by atoms with van der Waals surface area (Å²) >= 11 is 0. The minimum atomic E-state index is -1.17. The molecule has 412 valence electrons. The van der Waals surface area contributed by atoms with Gasteiger partial charge in [-0.3, -0.25) is 14.4 Å². The van der Waals surface area contributed by atoms with Crippen LogP contribution in [-0.2, 0) is 54.3 Å². The Kier molecular flexibility index (Phi) is 24.7. The molecule has 6 aromatic rings. The van der Waals surface area contributed by atoms with E-state index in [0.29, 0.717) is 47.2 Å². The van der Waals surface area contributed by atoms with Gasteiger partial charge in [0.25, 0.3) is 11.1 Å². The van der Waals surface area contributed by atoms with E-state index in [2.05, 4.69) is 28.6 Å². The Morgan fingerprint density at radius 1 is 0.532 bits per heavy atom. The molecule has 0 saturated heterocycles. The van der Waals surface area contributed by atoms with Crippen molar-refractivity contribution in [3.63, 3.8) is 0 Å². The number of H-pyrrole nitrogens is 2. The molecule has 16 heteroatoms. The van der Waals surface area contributed by atoms with Gasteiger partial charge in [0.2, 0.25) is 11.2 Å². The third-order valence-electron chi connectivity index (χ3n) is 12.7. The van der Waals surface area contributed by atoms with Crippen molar-refractivity contribution in [2.45, 2.75) is 111 Å². The lowest BCUT2D eigenvalue weighted by Gasteiger charge is -2.23. The SMILES string of the molecule is COC(=O)c1ccc(C(C)(C)OC)cc1.COC(C)(C)c1ccc(C(=O)CCc2c(C)cc(C)[nH]c2=O)cc1.Cc1cc(C)c(CN)c(=O)[nH]1.[CH2+]C(C)(O)c1ccc(C(=O)O)cc1.[CH2+]C(C)(OC)c1ccc(C(=O)O)cc1. The van der Waals surface area contributed by atoms with Gasteiger partial charge in [-0.15, -0.1) is 0 Å². The largest absolute Gasteiger partial charge is 0.478 e. The fraction of sp³-hybridized carbons (Fsp3) is 0.344. The highest BCUT2D eigenvalue weighted by Crippen LogP contribution is 2.26. The number of aliphatic hydroxyl groups is 1. The van der Waals surface area contributed by atoms with Crippen LogP contribution in [-0.4, -0.2) is 77.4 Å². The molecule has 2 aromatic heterocycles. The van der Waals surface area contributed by atoms with Crippen molar-refractivity contribution < 1.29 is 53.4 Å². The molecule has 77 heavy (non-hydrogen) atoms. The van der Waals surface area contributed by atoms with E-state index in [4.69, 9.17) is 30.2 Å². The van der Waals surface area contributed by atoms with E-state index in [-0.39, 0.29) is 45.2 Å². The van der Waals surface area contributed by atoms with Crippen LogP contribution < -0.4 is 16.9 Å². The number of ether oxygens (including phenoxy) is 4. The summed E-state index contributed by atoms with van der Waals surface area (Å²) in [5.74, 6) is -2.19. The van der Waals surface area contributed by atoms with Crippen LogP contribution in [0.2, 0.25) is 0 Å². The number of aromatic nitrogens is 2. The lowest BCUT2D eigenvalue weighted by atomic mass is 9.95. The zero-order valence-corrected chi connectivity index (χ0v) is 46.9. The Morgan fingerprint density at radius 3 is 1.21 bits per heavy atom. The van der Waals surface area contributed by atoms with Crippen LogP contribution in [0.5, 0.6) is 0 Å². The van der Waals surface area contributed by atoms with Crippen LogP contribution in [0.3, 0.4) is 0 Å². The topological polar surface area (TPSA) is 258 Å². The summed E-state index contributed by atoms with van der Waals surface area (Å²) in [6.45, 7) is 26.5. The highest BCUT2D eigenvalue weighted by Gasteiger charge is 2.28. The van der Waals surface area contributed by atoms with Crippen LogP contribution in [0.15, 0.2) is 119 Å². The molecule has 0 amide bonds. The van der Waals surface area contributed by atoms with Crippen LogP contribution in [0.4, 0.5) is 0 Å². The first kappa shape index (κ1) is 65.5. The van der Waals surface area contributed by atoms with E-state index in [1.165, 1.54) is 19.2 Å². The number of nitrogens with two attached hydrogens (primary N) is 1. The number of aryl methyl sites for hydroxylation is 4. The van der Waals surface area contributed by atoms with Crippen molar-refractivity contribution >= 4 is 23.7 Å². The number of carbonyl (C=O) groups excluding carboxylic acids is 2. The highest BCUT2D eigenvalue weighted by atomic mass is 16.5. The molecule has 0 fully saturated rings. The minimum Gasteiger partial charge on any atom is -0.478 e. The standard InChI is InChI=1S/C20H25NO3.C12H16O3.C11H12O3.C10H10O3.C8H12N2O/c1-13-12-14(2)21-19(23)17(13)10-11-18(22)15-6-8-16(9-7-15)20(3,4)24-5;1-12(2,15-4)10-7-5-9(6-8-10)11(13)14-3;1-11(2,14-3)9-6-4-8(5-7-9)10(12)13;1-10(2,13)8-5-3-7(4-6-8)9(11)12;1-5-3-6(2)10-8(11)7(5)4-9/h6-9,12H,10-11H2,1-5H3,(H,21,23);5-8H,1-4H3;4-7H,1H2,2-3H3;3-6,13H,1H2,2H3;3H,4,9H2,1-2H3,(H,10,11)/p+2. The number of ketones is 1. The molecule has 16 nitrogen and oxygen atoms in total. The number of carbonyl (C=O) groups is 4. The Labute approximate surface area is 452 Å². The number of pyridine rings is 2. The van der Waals surface area contributed by atoms with Crippen molar-refractivity contribution in [3.8, 4) is 0 Å². The van der Waals surface area contributed by atoms with Crippen LogP contribution in [0.1, 0.15) is 145 Å². The van der Waals surface area contributed by atoms with E-state index in [0.717, 1.165) is 39.2 Å². The fourth-order valence-electron chi connectivity index (χ4n) is 7.18. The molecule has 2 atom stereocenters. The second-order valence-electron chi connectivity index (χ2n) is 19.6. The summed E-state index contributed by atoms with van der Waals surface area (Å²) < 4.78 is 20.6. The smallest absolute Gasteiger partial charge is 0.337 e. The maximum atomic E-state index is 12.4. The van der Waals surface area contributed by atoms with Gasteiger partial charge in [-0.05, 0) is 133 Å². The molecular formula is C61H77N3O13+2. The van der Waals surface area contributed by atoms with Crippen molar-refractivity contribution in [2.24, 2.45) is 5.73 Å². The van der Waals surface area contributed by atoms with Gasteiger partial charge in [0.1, 0.15) is 0 Å². The molecule has 0 bridgehead atoms. The number of benzene rings is 4. The summed E-state index contributed by atoms with van der Waals surface area (Å²) in [6, 6.07) is 31.0. The molecule has 2 heterocycles. The molecular weight excluding hydrogens is 983 g/mol. The molecule has 0 saturated carbocycles. The predicted octanol–water partition coefficient (Wildman–Crippen LogP) is 10.0. The average molecular weight is 1060 g/mol. The molecule has 0 aliphatic carbocycles. The van der Waals surface area contributed by atoms with E-state index in [1.54, 1.807) is 76.8 Å². The van der Waals surface area contributed by atoms with Crippen molar-refractivity contribution in [2.75, 3.05) is 28.4 Å². The first-order valence-corrected chi connectivity index (χ1v) is 24.5. The van der Waals surface area contributed by atoms with Gasteiger partial charge in [0.15, 0.2) is 5.78 Å². The molecule has 0 aliphatic heterocycles. The summed E-state index contributed by atoms with van der Waals surface area (Å²) in [6.07, 6.45) is 0.769. The normalized spacial score (nSPS) is 12.4. The molecule has 2 unspecified atom stereocenters. The number of hydrogen-bond donors (Lipinski definition) is 6. The first-order valence-electron chi connectivity index (χ1n) is 24.5. The third-order valence-corrected chi connectivity index (χ3v) is 12.7. The Bertz CT molecular complexity index is 3000. The van der Waals surface area contributed by atoms with Gasteiger partial charge >= 0.3 is 17.9 Å². The van der Waals surface area contributed by atoms with Crippen LogP contribution in [0, 0.1) is 41.5 Å². The number of Topliss-reactive ketones (excluding diaryl/α,β-unsaturated/α-hetero) is 1. The zero-order chi connectivity index (χ0) is 58.6. The van der Waals surface area contributed by atoms with Crippen molar-refractivity contribution in [1.82, 2.24) is 9.97 Å². The van der Waals surface area contributed by atoms with Gasteiger partial charge in [0.05, 0.1) is 48.8 Å². The number of carboxylic acids is 2. The van der Waals surface area contributed by atoms with Gasteiger partial charge in [-0.2, -0.15) is 0 Å². The van der Waals surface area contributed by atoms with Gasteiger partial charge < -0.3 is 50.0 Å². The summed E-state index contributed by atoms with van der Waals surface area (Å²) in [5, 5.41) is 26.7. The molecule has 0 aliphatic rings. The summed E-state index contributed by atoms with van der Waals surface area (Å²) in [5.41, 5.74) is 12.8. The minimum absolute atomic E-state index is 0.0381. The number of hydrogen-bond acceptors (Lipinski definition) is 12. The zero-order valence-electron chi connectivity index (χ0n) is 46.9. The monoisotopic (exact) mass is 1060 g/mol. The molecule has 4 aromatic carbocycles. The number of carboxylic acid groups (broad SMARTS) is 2. The Morgan fingerprint density at radius 2 is 0.883 bits per heavy atom. The lowest BCUT2D eigenvalue weighted by molar-refractivity contribution is 0.0190. The van der Waals surface area contributed by atoms with Gasteiger partial charge in [0, 0.05) is 87.3 Å². The maximum absolute atomic E-state index is 12.4. The van der Waals surface area contributed by atoms with Crippen LogP contribution >= 0.6 is 0 Å². The number of esters is 1. The predicted molar refractivity (Wildman–Crippen MR) is 299 cm³/mol. The summed E-state index contributed by atoms with van der Waals surface area (Å²) in [7, 11) is 6.27. The Balaban J connectivity index is 0.000000339. The average Bonchev–Trinajstić information content (AvgIpc) is 3.38. The number of nitrogens with one attached hydrogen (secondary N) is 2.